The monoisotopic (exact) mass is 290 g/mol. The van der Waals surface area contributed by atoms with Crippen molar-refractivity contribution in [3.05, 3.63) is 24.3 Å². The van der Waals surface area contributed by atoms with Crippen molar-refractivity contribution < 1.29 is 4.79 Å². The predicted molar refractivity (Wildman–Crippen MR) is 88.1 cm³/mol. The Morgan fingerprint density at radius 1 is 1.14 bits per heavy atom. The molecule has 0 atom stereocenters. The Hall–Kier alpha value is -1.75. The molecule has 1 heterocycles. The molecule has 2 rings (SSSR count). The number of rotatable bonds is 5. The lowest BCUT2D eigenvalue weighted by molar-refractivity contribution is 0.252. The summed E-state index contributed by atoms with van der Waals surface area (Å²) in [4.78, 5) is 16.6. The van der Waals surface area contributed by atoms with Crippen molar-refractivity contribution in [2.24, 2.45) is 0 Å². The van der Waals surface area contributed by atoms with Gasteiger partial charge in [-0.25, -0.2) is 4.79 Å². The maximum Gasteiger partial charge on any atom is 0.319 e. The summed E-state index contributed by atoms with van der Waals surface area (Å²) in [6.45, 7) is 10.2. The van der Waals surface area contributed by atoms with E-state index in [2.05, 4.69) is 33.4 Å². The lowest BCUT2D eigenvalue weighted by Gasteiger charge is -2.36. The van der Waals surface area contributed by atoms with E-state index in [1.807, 2.05) is 25.1 Å². The molecule has 0 unspecified atom stereocenters. The summed E-state index contributed by atoms with van der Waals surface area (Å²) in [5, 5.41) is 5.81. The molecule has 1 fully saturated rings. The molecule has 0 aromatic heterocycles. The van der Waals surface area contributed by atoms with Crippen molar-refractivity contribution in [3.63, 3.8) is 0 Å². The normalized spacial score (nSPS) is 15.8. The lowest BCUT2D eigenvalue weighted by Crippen LogP contribution is -2.46. The number of nitrogens with one attached hydrogen (secondary N) is 2. The van der Waals surface area contributed by atoms with Gasteiger partial charge < -0.3 is 20.4 Å². The van der Waals surface area contributed by atoms with Crippen LogP contribution in [0.1, 0.15) is 20.3 Å². The minimum Gasteiger partial charge on any atom is -0.367 e. The number of nitrogens with zero attached hydrogens (tertiary/aromatic N) is 2. The SMILES string of the molecule is CCCNC(=O)Nc1ccccc1N1CCN(CC)CC1. The number of carbonyl (C=O) groups excluding carboxylic acids is 1. The number of hydrogen-bond acceptors (Lipinski definition) is 3. The second-order valence-electron chi connectivity index (χ2n) is 5.32. The van der Waals surface area contributed by atoms with Gasteiger partial charge in [0.15, 0.2) is 0 Å². The van der Waals surface area contributed by atoms with Gasteiger partial charge in [-0.1, -0.05) is 26.0 Å². The maximum absolute atomic E-state index is 11.9. The van der Waals surface area contributed by atoms with Crippen LogP contribution in [0, 0.1) is 0 Å². The summed E-state index contributed by atoms with van der Waals surface area (Å²) in [5.41, 5.74) is 2.00. The minimum atomic E-state index is -0.128. The molecule has 0 radical (unpaired) electrons. The van der Waals surface area contributed by atoms with Gasteiger partial charge >= 0.3 is 6.03 Å². The van der Waals surface area contributed by atoms with Crippen LogP contribution in [0.15, 0.2) is 24.3 Å². The smallest absolute Gasteiger partial charge is 0.319 e. The van der Waals surface area contributed by atoms with Gasteiger partial charge in [0.25, 0.3) is 0 Å². The van der Waals surface area contributed by atoms with Crippen molar-refractivity contribution in [1.29, 1.82) is 0 Å². The molecule has 1 aromatic carbocycles. The number of likely N-dealkylation sites (N-methyl/N-ethyl adjacent to an activating group) is 1. The van der Waals surface area contributed by atoms with E-state index in [0.717, 1.165) is 50.5 Å². The molecule has 1 aliphatic heterocycles. The Labute approximate surface area is 127 Å². The van der Waals surface area contributed by atoms with E-state index in [0.29, 0.717) is 6.54 Å². The first kappa shape index (κ1) is 15.6. The summed E-state index contributed by atoms with van der Waals surface area (Å²) in [7, 11) is 0. The summed E-state index contributed by atoms with van der Waals surface area (Å²) >= 11 is 0. The third-order valence-electron chi connectivity index (χ3n) is 3.85. The second-order valence-corrected chi connectivity index (χ2v) is 5.32. The first-order chi connectivity index (χ1) is 10.2. The average Bonchev–Trinajstić information content (AvgIpc) is 2.53. The van der Waals surface area contributed by atoms with E-state index >= 15 is 0 Å². The Bertz CT molecular complexity index is 455. The lowest BCUT2D eigenvalue weighted by atomic mass is 10.2. The van der Waals surface area contributed by atoms with Crippen molar-refractivity contribution in [2.45, 2.75) is 20.3 Å². The number of urea groups is 1. The van der Waals surface area contributed by atoms with E-state index in [4.69, 9.17) is 0 Å². The maximum atomic E-state index is 11.9. The number of anilines is 2. The second kappa shape index (κ2) is 7.88. The molecule has 0 bridgehead atoms. The van der Waals surface area contributed by atoms with Crippen LogP contribution in [0.2, 0.25) is 0 Å². The quantitative estimate of drug-likeness (QED) is 0.875. The van der Waals surface area contributed by atoms with Gasteiger partial charge in [-0.05, 0) is 25.1 Å². The van der Waals surface area contributed by atoms with Crippen LogP contribution in [0.4, 0.5) is 16.2 Å². The number of para-hydroxylation sites is 2. The van der Waals surface area contributed by atoms with Crippen LogP contribution in [-0.4, -0.2) is 50.2 Å². The zero-order chi connectivity index (χ0) is 15.1. The van der Waals surface area contributed by atoms with E-state index in [1.54, 1.807) is 0 Å². The summed E-state index contributed by atoms with van der Waals surface area (Å²) < 4.78 is 0. The highest BCUT2D eigenvalue weighted by Crippen LogP contribution is 2.26. The standard InChI is InChI=1S/C16H26N4O/c1-3-9-17-16(21)18-14-7-5-6-8-15(14)20-12-10-19(4-2)11-13-20/h5-8H,3-4,9-13H2,1-2H3,(H2,17,18,21). The van der Waals surface area contributed by atoms with Crippen LogP contribution in [0.3, 0.4) is 0 Å². The molecule has 1 aromatic rings. The minimum absolute atomic E-state index is 0.128. The third-order valence-corrected chi connectivity index (χ3v) is 3.85. The predicted octanol–water partition coefficient (Wildman–Crippen LogP) is 2.36. The van der Waals surface area contributed by atoms with Gasteiger partial charge in [0.2, 0.25) is 0 Å². The molecule has 116 valence electrons. The third kappa shape index (κ3) is 4.36. The van der Waals surface area contributed by atoms with Crippen LogP contribution in [0.25, 0.3) is 0 Å². The number of hydrogen-bond donors (Lipinski definition) is 2. The topological polar surface area (TPSA) is 47.6 Å². The molecule has 1 aliphatic rings. The van der Waals surface area contributed by atoms with Crippen molar-refractivity contribution >= 4 is 17.4 Å². The fraction of sp³-hybridized carbons (Fsp3) is 0.562. The fourth-order valence-electron chi connectivity index (χ4n) is 2.57. The van der Waals surface area contributed by atoms with Crippen LogP contribution >= 0.6 is 0 Å². The molecule has 0 spiro atoms. The van der Waals surface area contributed by atoms with E-state index in [-0.39, 0.29) is 6.03 Å². The molecule has 5 nitrogen and oxygen atoms in total. The molecule has 5 heteroatoms. The van der Waals surface area contributed by atoms with Crippen molar-refractivity contribution in [2.75, 3.05) is 49.5 Å². The van der Waals surface area contributed by atoms with Gasteiger partial charge in [0, 0.05) is 32.7 Å². The van der Waals surface area contributed by atoms with E-state index in [1.165, 1.54) is 0 Å². The summed E-state index contributed by atoms with van der Waals surface area (Å²) in [5.74, 6) is 0. The van der Waals surface area contributed by atoms with Crippen molar-refractivity contribution in [1.82, 2.24) is 10.2 Å². The summed E-state index contributed by atoms with van der Waals surface area (Å²) in [6.07, 6.45) is 0.939. The average molecular weight is 290 g/mol. The van der Waals surface area contributed by atoms with Crippen molar-refractivity contribution in [3.8, 4) is 0 Å². The molecule has 2 amide bonds. The Kier molecular flexibility index (Phi) is 5.87. The molecule has 1 saturated heterocycles. The Morgan fingerprint density at radius 3 is 2.52 bits per heavy atom. The molecular weight excluding hydrogens is 264 g/mol. The van der Waals surface area contributed by atoms with Gasteiger partial charge in [-0.3, -0.25) is 0 Å². The highest BCUT2D eigenvalue weighted by molar-refractivity contribution is 5.93. The van der Waals surface area contributed by atoms with Gasteiger partial charge in [0.05, 0.1) is 11.4 Å². The highest BCUT2D eigenvalue weighted by atomic mass is 16.2. The Balaban J connectivity index is 2.01. The zero-order valence-corrected chi connectivity index (χ0v) is 13.1. The van der Waals surface area contributed by atoms with E-state index < -0.39 is 0 Å². The van der Waals surface area contributed by atoms with Crippen LogP contribution in [0.5, 0.6) is 0 Å². The molecule has 0 aliphatic carbocycles. The van der Waals surface area contributed by atoms with Gasteiger partial charge in [0.1, 0.15) is 0 Å². The van der Waals surface area contributed by atoms with Crippen LogP contribution < -0.4 is 15.5 Å². The van der Waals surface area contributed by atoms with Gasteiger partial charge in [-0.2, -0.15) is 0 Å². The van der Waals surface area contributed by atoms with Crippen LogP contribution in [-0.2, 0) is 0 Å². The highest BCUT2D eigenvalue weighted by Gasteiger charge is 2.18. The molecule has 21 heavy (non-hydrogen) atoms. The molecular formula is C16H26N4O. The number of amides is 2. The van der Waals surface area contributed by atoms with Gasteiger partial charge in [-0.15, -0.1) is 0 Å². The Morgan fingerprint density at radius 2 is 1.86 bits per heavy atom. The first-order valence-corrected chi connectivity index (χ1v) is 7.85. The summed E-state index contributed by atoms with van der Waals surface area (Å²) in [6, 6.07) is 7.90. The fourth-order valence-corrected chi connectivity index (χ4v) is 2.57. The number of piperazine rings is 1. The molecule has 0 saturated carbocycles. The first-order valence-electron chi connectivity index (χ1n) is 7.85. The number of benzene rings is 1. The molecule has 2 N–H and O–H groups in total. The van der Waals surface area contributed by atoms with E-state index in [9.17, 15) is 4.79 Å². The zero-order valence-electron chi connectivity index (χ0n) is 13.1. The number of carbonyl (C=O) groups is 1. The largest absolute Gasteiger partial charge is 0.367 e.